The monoisotopic (exact) mass is 853 g/mol. The minimum atomic E-state index is 1.16. The van der Waals surface area contributed by atoms with Crippen LogP contribution in [-0.2, 0) is 0 Å². The largest absolute Gasteiger partial charge is 0.309 e. The van der Waals surface area contributed by atoms with Gasteiger partial charge < -0.3 is 4.57 Å². The first-order valence-electron chi connectivity index (χ1n) is 22.8. The maximum atomic E-state index is 2.48. The van der Waals surface area contributed by atoms with Crippen LogP contribution in [0.3, 0.4) is 0 Å². The van der Waals surface area contributed by atoms with Crippen molar-refractivity contribution in [3.05, 3.63) is 237 Å². The summed E-state index contributed by atoms with van der Waals surface area (Å²) in [7, 11) is 0. The van der Waals surface area contributed by atoms with Crippen molar-refractivity contribution in [1.29, 1.82) is 0 Å². The summed E-state index contributed by atoms with van der Waals surface area (Å²) in [5.74, 6) is 0. The van der Waals surface area contributed by atoms with E-state index in [1.165, 1.54) is 130 Å². The summed E-state index contributed by atoms with van der Waals surface area (Å²) in [6, 6.07) is 87.7. The Morgan fingerprint density at radius 3 is 1.33 bits per heavy atom. The van der Waals surface area contributed by atoms with E-state index in [1.54, 1.807) is 0 Å². The van der Waals surface area contributed by atoms with Crippen LogP contribution < -0.4 is 0 Å². The minimum Gasteiger partial charge on any atom is -0.309 e. The van der Waals surface area contributed by atoms with Crippen LogP contribution in [0.1, 0.15) is 0 Å². The normalized spacial score (nSPS) is 11.9. The van der Waals surface area contributed by atoms with Gasteiger partial charge in [0.2, 0.25) is 0 Å². The number of benzene rings is 12. The predicted molar refractivity (Wildman–Crippen MR) is 285 cm³/mol. The Bertz CT molecular complexity index is 4160. The lowest BCUT2D eigenvalue weighted by Crippen LogP contribution is -1.96. The SMILES string of the molecule is c1ccc(-c2c3ccccc3c(-c3ccc4sc5cccc(-c6c7ccccc7c(-c7cccc8c9ccccc9n(-c9ccccc9)c78)c7ccccc67)c5c4c3)c3ccccc23)cc1. The topological polar surface area (TPSA) is 4.93 Å². The molecule has 12 aromatic carbocycles. The van der Waals surface area contributed by atoms with E-state index in [2.05, 4.69) is 241 Å². The molecule has 2 heterocycles. The van der Waals surface area contributed by atoms with E-state index in [0.717, 1.165) is 5.69 Å². The third kappa shape index (κ3) is 5.40. The average Bonchev–Trinajstić information content (AvgIpc) is 3.94. The first kappa shape index (κ1) is 37.1. The van der Waals surface area contributed by atoms with E-state index >= 15 is 0 Å². The molecule has 0 aliphatic heterocycles. The Kier molecular flexibility index (Phi) is 8.22. The Morgan fingerprint density at radius 1 is 0.273 bits per heavy atom. The number of hydrogen-bond donors (Lipinski definition) is 0. The van der Waals surface area contributed by atoms with E-state index in [-0.39, 0.29) is 0 Å². The van der Waals surface area contributed by atoms with Crippen molar-refractivity contribution in [2.45, 2.75) is 0 Å². The number of thiophene rings is 1. The molecule has 14 rings (SSSR count). The molecule has 14 aromatic rings. The summed E-state index contributed by atoms with van der Waals surface area (Å²) in [5.41, 5.74) is 13.7. The number of nitrogens with zero attached hydrogens (tertiary/aromatic N) is 1. The molecule has 0 aliphatic carbocycles. The van der Waals surface area contributed by atoms with Gasteiger partial charge in [0.1, 0.15) is 0 Å². The highest BCUT2D eigenvalue weighted by molar-refractivity contribution is 7.26. The van der Waals surface area contributed by atoms with Gasteiger partial charge >= 0.3 is 0 Å². The van der Waals surface area contributed by atoms with Gasteiger partial charge in [-0.15, -0.1) is 11.3 Å². The first-order chi connectivity index (χ1) is 32.8. The third-order valence-electron chi connectivity index (χ3n) is 14.0. The molecule has 1 nitrogen and oxygen atoms in total. The molecule has 306 valence electrons. The standard InChI is InChI=1S/C64H39NS/c1-3-19-40(20-4-1)59-44-24-7-9-26-46(44)60(47-27-10-8-25-45(47)59)41-37-38-57-55(39-41)63-53(33-18-36-58(63)66-57)61-48-28-11-13-30-50(48)62(51-31-14-12-29-49(51)61)54-34-17-32-52-43-23-15-16-35-56(43)65(64(52)54)42-21-5-2-6-22-42/h1-39H. The molecular formula is C64H39NS. The summed E-state index contributed by atoms with van der Waals surface area (Å²) >= 11 is 1.89. The first-order valence-corrected chi connectivity index (χ1v) is 23.6. The van der Waals surface area contributed by atoms with Crippen LogP contribution >= 0.6 is 11.3 Å². The molecule has 2 heteroatoms. The van der Waals surface area contributed by atoms with Crippen LogP contribution in [0.15, 0.2) is 237 Å². The fourth-order valence-corrected chi connectivity index (χ4v) is 12.4. The van der Waals surface area contributed by atoms with Crippen molar-refractivity contribution in [2.24, 2.45) is 0 Å². The zero-order valence-corrected chi connectivity index (χ0v) is 36.7. The van der Waals surface area contributed by atoms with Gasteiger partial charge in [-0.3, -0.25) is 0 Å². The molecule has 0 atom stereocenters. The fourth-order valence-electron chi connectivity index (χ4n) is 11.3. The second kappa shape index (κ2) is 14.6. The van der Waals surface area contributed by atoms with Gasteiger partial charge in [-0.1, -0.05) is 200 Å². The lowest BCUT2D eigenvalue weighted by molar-refractivity contribution is 1.18. The van der Waals surface area contributed by atoms with Gasteiger partial charge in [0, 0.05) is 42.2 Å². The van der Waals surface area contributed by atoms with Crippen LogP contribution in [0.4, 0.5) is 0 Å². The number of aromatic nitrogens is 1. The molecule has 0 aliphatic rings. The van der Waals surface area contributed by atoms with Crippen molar-refractivity contribution in [3.8, 4) is 50.2 Å². The summed E-state index contributed by atoms with van der Waals surface area (Å²) in [4.78, 5) is 0. The highest BCUT2D eigenvalue weighted by atomic mass is 32.1. The van der Waals surface area contributed by atoms with Crippen molar-refractivity contribution < 1.29 is 0 Å². The Hall–Kier alpha value is -8.30. The molecule has 0 saturated carbocycles. The summed E-state index contributed by atoms with van der Waals surface area (Å²) in [5, 5.41) is 15.2. The van der Waals surface area contributed by atoms with Gasteiger partial charge in [-0.05, 0) is 118 Å². The van der Waals surface area contributed by atoms with Crippen LogP contribution in [0.5, 0.6) is 0 Å². The van der Waals surface area contributed by atoms with Gasteiger partial charge in [-0.25, -0.2) is 0 Å². The van der Waals surface area contributed by atoms with Crippen LogP contribution in [-0.4, -0.2) is 4.57 Å². The molecule has 0 saturated heterocycles. The second-order valence-electron chi connectivity index (χ2n) is 17.4. The molecule has 0 fully saturated rings. The van der Waals surface area contributed by atoms with E-state index in [9.17, 15) is 0 Å². The maximum Gasteiger partial charge on any atom is 0.0619 e. The molecule has 2 aromatic heterocycles. The van der Waals surface area contributed by atoms with Crippen LogP contribution in [0.2, 0.25) is 0 Å². The lowest BCUT2D eigenvalue weighted by Gasteiger charge is -2.20. The molecule has 0 N–H and O–H groups in total. The van der Waals surface area contributed by atoms with Gasteiger partial charge in [0.05, 0.1) is 11.0 Å². The summed E-state index contributed by atoms with van der Waals surface area (Å²) in [6.45, 7) is 0. The van der Waals surface area contributed by atoms with Crippen LogP contribution in [0, 0.1) is 0 Å². The predicted octanol–water partition coefficient (Wildman–Crippen LogP) is 18.4. The second-order valence-corrected chi connectivity index (χ2v) is 18.5. The van der Waals surface area contributed by atoms with Gasteiger partial charge in [0.15, 0.2) is 0 Å². The van der Waals surface area contributed by atoms with Gasteiger partial charge in [0.25, 0.3) is 0 Å². The van der Waals surface area contributed by atoms with E-state index in [4.69, 9.17) is 0 Å². The lowest BCUT2D eigenvalue weighted by atomic mass is 9.84. The maximum absolute atomic E-state index is 2.48. The Morgan fingerprint density at radius 2 is 0.727 bits per heavy atom. The van der Waals surface area contributed by atoms with Gasteiger partial charge in [-0.2, -0.15) is 0 Å². The van der Waals surface area contributed by atoms with E-state index in [1.807, 2.05) is 11.3 Å². The highest BCUT2D eigenvalue weighted by Crippen LogP contribution is 2.51. The number of fused-ring (bicyclic) bond motifs is 10. The Labute approximate surface area is 385 Å². The van der Waals surface area contributed by atoms with E-state index < -0.39 is 0 Å². The summed E-state index contributed by atoms with van der Waals surface area (Å²) < 4.78 is 5.05. The molecule has 0 amide bonds. The van der Waals surface area contributed by atoms with Crippen molar-refractivity contribution in [1.82, 2.24) is 4.57 Å². The van der Waals surface area contributed by atoms with Crippen molar-refractivity contribution >= 4 is 96.4 Å². The van der Waals surface area contributed by atoms with E-state index in [0.29, 0.717) is 0 Å². The van der Waals surface area contributed by atoms with Crippen molar-refractivity contribution in [3.63, 3.8) is 0 Å². The minimum absolute atomic E-state index is 1.16. The quantitative estimate of drug-likeness (QED) is 0.152. The molecular weight excluding hydrogens is 815 g/mol. The van der Waals surface area contributed by atoms with Crippen LogP contribution in [0.25, 0.3) is 135 Å². The molecule has 66 heavy (non-hydrogen) atoms. The Balaban J connectivity index is 1.05. The zero-order chi connectivity index (χ0) is 43.3. The average molecular weight is 854 g/mol. The molecule has 0 unspecified atom stereocenters. The summed E-state index contributed by atoms with van der Waals surface area (Å²) in [6.07, 6.45) is 0. The molecule has 0 spiro atoms. The van der Waals surface area contributed by atoms with Crippen molar-refractivity contribution in [2.75, 3.05) is 0 Å². The molecule has 0 bridgehead atoms. The third-order valence-corrected chi connectivity index (χ3v) is 15.1. The molecule has 0 radical (unpaired) electrons. The highest BCUT2D eigenvalue weighted by Gasteiger charge is 2.24. The smallest absolute Gasteiger partial charge is 0.0619 e. The number of rotatable bonds is 5. The zero-order valence-electron chi connectivity index (χ0n) is 35.9. The number of para-hydroxylation sites is 3. The fraction of sp³-hybridized carbons (Fsp3) is 0. The number of hydrogen-bond acceptors (Lipinski definition) is 1.